The van der Waals surface area contributed by atoms with Crippen molar-refractivity contribution in [3.63, 3.8) is 0 Å². The van der Waals surface area contributed by atoms with Gasteiger partial charge in [-0.25, -0.2) is 4.98 Å². The number of rotatable bonds is 6. The van der Waals surface area contributed by atoms with Crippen molar-refractivity contribution in [2.24, 2.45) is 5.92 Å². The highest BCUT2D eigenvalue weighted by Crippen LogP contribution is 2.29. The largest absolute Gasteiger partial charge is 0.379 e. The predicted octanol–water partition coefficient (Wildman–Crippen LogP) is 1.20. The van der Waals surface area contributed by atoms with Crippen LogP contribution in [0, 0.1) is 19.8 Å². The fraction of sp³-hybridized carbons (Fsp3) is 0.750. The fourth-order valence-corrected chi connectivity index (χ4v) is 2.70. The smallest absolute Gasteiger partial charge is 0.240 e. The van der Waals surface area contributed by atoms with Gasteiger partial charge in [0.25, 0.3) is 0 Å². The summed E-state index contributed by atoms with van der Waals surface area (Å²) in [4.78, 5) is 16.5. The van der Waals surface area contributed by atoms with E-state index in [1.54, 1.807) is 6.33 Å². The fourth-order valence-electron chi connectivity index (χ4n) is 2.70. The van der Waals surface area contributed by atoms with Crippen LogP contribution in [0.1, 0.15) is 30.7 Å². The standard InChI is InChI=1S/C16H25N3O3/c1-11-12(2)19(10-17-11)7-16(20)18-14-5-6-21-9-15(14)22-8-13-3-4-13/h10,13-15H,3-9H2,1-2H3,(H,18,20)/t14-,15-/m1/s1. The Balaban J connectivity index is 1.52. The number of aromatic nitrogens is 2. The maximum absolute atomic E-state index is 12.3. The summed E-state index contributed by atoms with van der Waals surface area (Å²) in [6, 6.07) is 0.0462. The van der Waals surface area contributed by atoms with Gasteiger partial charge in [-0.3, -0.25) is 4.79 Å². The molecule has 1 aromatic heterocycles. The first-order valence-corrected chi connectivity index (χ1v) is 8.10. The summed E-state index contributed by atoms with van der Waals surface area (Å²) in [6.45, 7) is 6.27. The molecule has 1 aliphatic carbocycles. The number of hydrogen-bond acceptors (Lipinski definition) is 4. The lowest BCUT2D eigenvalue weighted by molar-refractivity contribution is -0.126. The number of aryl methyl sites for hydroxylation is 1. The Hall–Kier alpha value is -1.40. The van der Waals surface area contributed by atoms with Gasteiger partial charge in [0.05, 0.1) is 24.7 Å². The minimum Gasteiger partial charge on any atom is -0.379 e. The zero-order chi connectivity index (χ0) is 15.5. The number of carbonyl (C=O) groups is 1. The number of ether oxygens (including phenoxy) is 2. The van der Waals surface area contributed by atoms with Gasteiger partial charge in [0.1, 0.15) is 12.6 Å². The lowest BCUT2D eigenvalue weighted by Crippen LogP contribution is -2.50. The Bertz CT molecular complexity index is 525. The van der Waals surface area contributed by atoms with Gasteiger partial charge in [-0.2, -0.15) is 0 Å². The molecule has 0 radical (unpaired) electrons. The van der Waals surface area contributed by atoms with Gasteiger partial charge in [0, 0.05) is 18.9 Å². The molecule has 3 rings (SSSR count). The zero-order valence-corrected chi connectivity index (χ0v) is 13.4. The molecule has 0 bridgehead atoms. The van der Waals surface area contributed by atoms with Crippen molar-refractivity contribution in [2.45, 2.75) is 51.8 Å². The van der Waals surface area contributed by atoms with Crippen LogP contribution >= 0.6 is 0 Å². The molecule has 1 aromatic rings. The quantitative estimate of drug-likeness (QED) is 0.857. The molecule has 0 aromatic carbocycles. The van der Waals surface area contributed by atoms with Gasteiger partial charge in [-0.1, -0.05) is 0 Å². The van der Waals surface area contributed by atoms with Crippen molar-refractivity contribution in [1.29, 1.82) is 0 Å². The van der Waals surface area contributed by atoms with Gasteiger partial charge in [-0.15, -0.1) is 0 Å². The van der Waals surface area contributed by atoms with Crippen molar-refractivity contribution < 1.29 is 14.3 Å². The van der Waals surface area contributed by atoms with E-state index < -0.39 is 0 Å². The summed E-state index contributed by atoms with van der Waals surface area (Å²) in [5.74, 6) is 0.724. The monoisotopic (exact) mass is 307 g/mol. The second-order valence-electron chi connectivity index (χ2n) is 6.40. The summed E-state index contributed by atoms with van der Waals surface area (Å²) < 4.78 is 13.3. The molecule has 1 amide bonds. The first kappa shape index (κ1) is 15.5. The summed E-state index contributed by atoms with van der Waals surface area (Å²) in [7, 11) is 0. The molecule has 2 heterocycles. The highest BCUT2D eigenvalue weighted by molar-refractivity contribution is 5.76. The first-order chi connectivity index (χ1) is 10.6. The van der Waals surface area contributed by atoms with Crippen LogP contribution in [0.3, 0.4) is 0 Å². The number of imidazole rings is 1. The van der Waals surface area contributed by atoms with E-state index in [1.165, 1.54) is 12.8 Å². The molecule has 6 heteroatoms. The van der Waals surface area contributed by atoms with Gasteiger partial charge >= 0.3 is 0 Å². The molecule has 0 spiro atoms. The molecule has 22 heavy (non-hydrogen) atoms. The van der Waals surface area contributed by atoms with Gasteiger partial charge in [0.15, 0.2) is 0 Å². The van der Waals surface area contributed by atoms with Gasteiger partial charge in [0.2, 0.25) is 5.91 Å². The molecule has 1 aliphatic heterocycles. The van der Waals surface area contributed by atoms with E-state index in [-0.39, 0.29) is 18.1 Å². The third kappa shape index (κ3) is 3.87. The van der Waals surface area contributed by atoms with E-state index >= 15 is 0 Å². The van der Waals surface area contributed by atoms with Crippen LogP contribution in [0.2, 0.25) is 0 Å². The molecule has 2 aliphatic rings. The van der Waals surface area contributed by atoms with Crippen LogP contribution in [0.15, 0.2) is 6.33 Å². The Morgan fingerprint density at radius 2 is 2.27 bits per heavy atom. The highest BCUT2D eigenvalue weighted by Gasteiger charge is 2.30. The topological polar surface area (TPSA) is 65.4 Å². The van der Waals surface area contributed by atoms with Crippen molar-refractivity contribution in [1.82, 2.24) is 14.9 Å². The summed E-state index contributed by atoms with van der Waals surface area (Å²) in [5, 5.41) is 3.11. The van der Waals surface area contributed by atoms with Gasteiger partial charge in [-0.05, 0) is 39.0 Å². The highest BCUT2D eigenvalue weighted by atomic mass is 16.5. The normalized spacial score (nSPS) is 25.2. The van der Waals surface area contributed by atoms with Crippen LogP contribution in [0.5, 0.6) is 0 Å². The number of carbonyl (C=O) groups excluding carboxylic acids is 1. The number of nitrogens with one attached hydrogen (secondary N) is 1. The molecule has 6 nitrogen and oxygen atoms in total. The van der Waals surface area contributed by atoms with E-state index in [4.69, 9.17) is 9.47 Å². The first-order valence-electron chi connectivity index (χ1n) is 8.10. The molecule has 1 N–H and O–H groups in total. The SMILES string of the molecule is Cc1ncn(CC(=O)N[C@@H]2CCOC[C@H]2OCC2CC2)c1C. The summed E-state index contributed by atoms with van der Waals surface area (Å²) >= 11 is 0. The molecular weight excluding hydrogens is 282 g/mol. The maximum atomic E-state index is 12.3. The Kier molecular flexibility index (Phi) is 4.78. The molecule has 0 unspecified atom stereocenters. The number of amides is 1. The van der Waals surface area contributed by atoms with Crippen LogP contribution in [-0.2, 0) is 20.8 Å². The second-order valence-corrected chi connectivity index (χ2v) is 6.40. The van der Waals surface area contributed by atoms with E-state index in [2.05, 4.69) is 10.3 Å². The second kappa shape index (κ2) is 6.79. The van der Waals surface area contributed by atoms with Crippen molar-refractivity contribution in [2.75, 3.05) is 19.8 Å². The van der Waals surface area contributed by atoms with Gasteiger partial charge < -0.3 is 19.4 Å². The van der Waals surface area contributed by atoms with Crippen molar-refractivity contribution >= 4 is 5.91 Å². The van der Waals surface area contributed by atoms with Crippen molar-refractivity contribution in [3.05, 3.63) is 17.7 Å². The van der Waals surface area contributed by atoms with Crippen LogP contribution in [0.25, 0.3) is 0 Å². The lowest BCUT2D eigenvalue weighted by Gasteiger charge is -2.32. The van der Waals surface area contributed by atoms with Crippen LogP contribution in [0.4, 0.5) is 0 Å². The molecule has 2 atom stereocenters. The molecule has 1 saturated heterocycles. The third-order valence-corrected chi connectivity index (χ3v) is 4.55. The number of nitrogens with zero attached hydrogens (tertiary/aromatic N) is 2. The van der Waals surface area contributed by atoms with E-state index in [9.17, 15) is 4.79 Å². The Morgan fingerprint density at radius 1 is 1.45 bits per heavy atom. The zero-order valence-electron chi connectivity index (χ0n) is 13.4. The minimum atomic E-state index is -0.0241. The van der Waals surface area contributed by atoms with Crippen LogP contribution in [-0.4, -0.2) is 47.4 Å². The van der Waals surface area contributed by atoms with E-state index in [0.717, 1.165) is 30.3 Å². The lowest BCUT2D eigenvalue weighted by atomic mass is 10.1. The van der Waals surface area contributed by atoms with E-state index in [0.29, 0.717) is 19.8 Å². The molecule has 1 saturated carbocycles. The maximum Gasteiger partial charge on any atom is 0.240 e. The average molecular weight is 307 g/mol. The molecular formula is C16H25N3O3. The number of hydrogen-bond donors (Lipinski definition) is 1. The third-order valence-electron chi connectivity index (χ3n) is 4.55. The molecule has 122 valence electrons. The summed E-state index contributed by atoms with van der Waals surface area (Å²) in [5.41, 5.74) is 1.99. The Morgan fingerprint density at radius 3 is 2.95 bits per heavy atom. The summed E-state index contributed by atoms with van der Waals surface area (Å²) in [6.07, 6.45) is 5.04. The minimum absolute atomic E-state index is 0.00687. The van der Waals surface area contributed by atoms with Crippen molar-refractivity contribution in [3.8, 4) is 0 Å². The van der Waals surface area contributed by atoms with E-state index in [1.807, 2.05) is 18.4 Å². The predicted molar refractivity (Wildman–Crippen MR) is 81.5 cm³/mol. The molecule has 2 fully saturated rings. The Labute approximate surface area is 131 Å². The van der Waals surface area contributed by atoms with Crippen LogP contribution < -0.4 is 5.32 Å². The average Bonchev–Trinajstić information content (AvgIpc) is 3.28.